The highest BCUT2D eigenvalue weighted by atomic mass is 16.6. The molecule has 1 saturated heterocycles. The smallest absolute Gasteiger partial charge is 0.233 e. The van der Waals surface area contributed by atoms with Crippen LogP contribution in [0.1, 0.15) is 31.7 Å². The Morgan fingerprint density at radius 3 is 2.54 bits per heavy atom. The van der Waals surface area contributed by atoms with E-state index in [4.69, 9.17) is 4.84 Å². The molecule has 0 unspecified atom stereocenters. The molecule has 2 N–H and O–H groups in total. The molecule has 3 aliphatic rings. The fourth-order valence-corrected chi connectivity index (χ4v) is 5.11. The van der Waals surface area contributed by atoms with Gasteiger partial charge in [-0.15, -0.1) is 0 Å². The highest BCUT2D eigenvalue weighted by Crippen LogP contribution is 2.49. The van der Waals surface area contributed by atoms with Crippen LogP contribution in [0.25, 0.3) is 0 Å². The number of hydrogen-bond acceptors (Lipinski definition) is 6. The highest BCUT2D eigenvalue weighted by molar-refractivity contribution is 6.06. The van der Waals surface area contributed by atoms with Crippen LogP contribution in [-0.2, 0) is 21.0 Å². The number of hydrogen-bond donors (Lipinski definition) is 2. The third-order valence-electron chi connectivity index (χ3n) is 6.44. The molecule has 0 spiro atoms. The lowest BCUT2D eigenvalue weighted by Crippen LogP contribution is -2.54. The molecule has 0 aromatic heterocycles. The number of imide groups is 1. The largest absolute Gasteiger partial charge is 0.391 e. The first-order valence-corrected chi connectivity index (χ1v) is 9.97. The molecule has 1 heterocycles. The summed E-state index contributed by atoms with van der Waals surface area (Å²) in [5, 5.41) is 25.4. The number of aliphatic hydroxyl groups excluding tert-OH is 2. The van der Waals surface area contributed by atoms with Crippen LogP contribution in [0.2, 0.25) is 0 Å². The van der Waals surface area contributed by atoms with Crippen molar-refractivity contribution in [2.45, 2.75) is 45.0 Å². The maximum absolute atomic E-state index is 12.8. The zero-order chi connectivity index (χ0) is 19.8. The van der Waals surface area contributed by atoms with Crippen LogP contribution < -0.4 is 0 Å². The Morgan fingerprint density at radius 1 is 1.11 bits per heavy atom. The first-order valence-electron chi connectivity index (χ1n) is 9.97. The number of nitrogens with zero attached hydrogens (tertiary/aromatic N) is 2. The zero-order valence-corrected chi connectivity index (χ0v) is 15.9. The minimum Gasteiger partial charge on any atom is -0.391 e. The number of carbonyl (C=O) groups is 2. The normalized spacial score (nSPS) is 36.4. The van der Waals surface area contributed by atoms with E-state index in [2.05, 4.69) is 5.16 Å². The Kier molecular flexibility index (Phi) is 5.21. The van der Waals surface area contributed by atoms with Gasteiger partial charge in [-0.25, -0.2) is 0 Å². The van der Waals surface area contributed by atoms with Crippen LogP contribution >= 0.6 is 0 Å². The summed E-state index contributed by atoms with van der Waals surface area (Å²) in [4.78, 5) is 32.2. The second kappa shape index (κ2) is 7.64. The molecule has 1 aromatic rings. The molecule has 28 heavy (non-hydrogen) atoms. The van der Waals surface area contributed by atoms with Crippen LogP contribution in [-0.4, -0.2) is 51.4 Å². The van der Waals surface area contributed by atoms with E-state index in [1.165, 1.54) is 4.90 Å². The lowest BCUT2D eigenvalue weighted by molar-refractivity contribution is -0.141. The van der Waals surface area contributed by atoms with Crippen LogP contribution in [0.4, 0.5) is 0 Å². The van der Waals surface area contributed by atoms with E-state index in [0.29, 0.717) is 31.7 Å². The number of amides is 2. The summed E-state index contributed by atoms with van der Waals surface area (Å²) in [6.07, 6.45) is -0.599. The minimum atomic E-state index is -1.04. The van der Waals surface area contributed by atoms with Gasteiger partial charge in [-0.1, -0.05) is 35.5 Å². The molecule has 7 heteroatoms. The van der Waals surface area contributed by atoms with Crippen LogP contribution in [0.5, 0.6) is 0 Å². The topological polar surface area (TPSA) is 99.4 Å². The van der Waals surface area contributed by atoms with Gasteiger partial charge in [-0.3, -0.25) is 14.5 Å². The fraction of sp³-hybridized carbons (Fsp3) is 0.571. The quantitative estimate of drug-likeness (QED) is 0.601. The Hall–Kier alpha value is -2.25. The minimum absolute atomic E-state index is 0.151. The molecule has 0 bridgehead atoms. The van der Waals surface area contributed by atoms with Gasteiger partial charge in [0.1, 0.15) is 6.61 Å². The Labute approximate surface area is 164 Å². The third kappa shape index (κ3) is 3.12. The standard InChI is InChI=1S/C21H26N2O5/c1-2-23-20(26)14-9-8-13-15(22-28-11-12-6-4-3-5-7-12)10-16(24)19(25)17(13)18(14)21(23)27/h3-7,13-14,16-19,24-25H,2,8-11H2,1H3/t13-,14-,16-,17+,18-,19-/m1/s1. The molecule has 2 amide bonds. The second-order valence-corrected chi connectivity index (χ2v) is 7.92. The zero-order valence-electron chi connectivity index (χ0n) is 15.9. The van der Waals surface area contributed by atoms with Crippen molar-refractivity contribution < 1.29 is 24.6 Å². The van der Waals surface area contributed by atoms with E-state index in [1.807, 2.05) is 30.3 Å². The summed E-state index contributed by atoms with van der Waals surface area (Å²) in [5.74, 6) is -2.04. The second-order valence-electron chi connectivity index (χ2n) is 7.92. The number of benzene rings is 1. The predicted molar refractivity (Wildman–Crippen MR) is 101 cm³/mol. The number of fused-ring (bicyclic) bond motifs is 3. The maximum Gasteiger partial charge on any atom is 0.233 e. The lowest BCUT2D eigenvalue weighted by atomic mass is 9.60. The monoisotopic (exact) mass is 386 g/mol. The van der Waals surface area contributed by atoms with Gasteiger partial charge in [0, 0.05) is 24.8 Å². The summed E-state index contributed by atoms with van der Waals surface area (Å²) in [5.41, 5.74) is 1.66. The van der Waals surface area contributed by atoms with Crippen molar-refractivity contribution in [3.8, 4) is 0 Å². The number of aliphatic hydroxyl groups is 2. The molecular weight excluding hydrogens is 360 g/mol. The van der Waals surface area contributed by atoms with Crippen molar-refractivity contribution in [3.05, 3.63) is 35.9 Å². The first-order chi connectivity index (χ1) is 13.5. The van der Waals surface area contributed by atoms with Crippen molar-refractivity contribution in [3.63, 3.8) is 0 Å². The van der Waals surface area contributed by atoms with Gasteiger partial charge >= 0.3 is 0 Å². The summed E-state index contributed by atoms with van der Waals surface area (Å²) < 4.78 is 0. The molecule has 2 saturated carbocycles. The molecule has 2 aliphatic carbocycles. The van der Waals surface area contributed by atoms with Crippen LogP contribution in [0.3, 0.4) is 0 Å². The van der Waals surface area contributed by atoms with E-state index in [1.54, 1.807) is 6.92 Å². The number of rotatable bonds is 4. The predicted octanol–water partition coefficient (Wildman–Crippen LogP) is 1.33. The third-order valence-corrected chi connectivity index (χ3v) is 6.44. The maximum atomic E-state index is 12.8. The van der Waals surface area contributed by atoms with Crippen molar-refractivity contribution in [1.29, 1.82) is 0 Å². The van der Waals surface area contributed by atoms with Gasteiger partial charge in [0.2, 0.25) is 11.8 Å². The van der Waals surface area contributed by atoms with Crippen LogP contribution in [0.15, 0.2) is 35.5 Å². The summed E-state index contributed by atoms with van der Waals surface area (Å²) in [7, 11) is 0. The molecule has 7 nitrogen and oxygen atoms in total. The van der Waals surface area contributed by atoms with Gasteiger partial charge in [0.25, 0.3) is 0 Å². The molecule has 1 aliphatic heterocycles. The van der Waals surface area contributed by atoms with Crippen molar-refractivity contribution in [2.75, 3.05) is 6.54 Å². The van der Waals surface area contributed by atoms with E-state index >= 15 is 0 Å². The van der Waals surface area contributed by atoms with E-state index in [-0.39, 0.29) is 24.2 Å². The fourth-order valence-electron chi connectivity index (χ4n) is 5.11. The number of likely N-dealkylation sites (tertiary alicyclic amines) is 1. The van der Waals surface area contributed by atoms with Crippen LogP contribution in [0, 0.1) is 23.7 Å². The summed E-state index contributed by atoms with van der Waals surface area (Å²) >= 11 is 0. The molecular formula is C21H26N2O5. The summed E-state index contributed by atoms with van der Waals surface area (Å²) in [6.45, 7) is 2.43. The van der Waals surface area contributed by atoms with Crippen molar-refractivity contribution >= 4 is 17.5 Å². The molecule has 1 aromatic carbocycles. The molecule has 0 radical (unpaired) electrons. The Bertz CT molecular complexity index is 780. The average molecular weight is 386 g/mol. The van der Waals surface area contributed by atoms with Gasteiger partial charge in [-0.05, 0) is 25.3 Å². The molecule has 3 fully saturated rings. The van der Waals surface area contributed by atoms with Crippen molar-refractivity contribution in [2.24, 2.45) is 28.8 Å². The van der Waals surface area contributed by atoms with E-state index in [0.717, 1.165) is 5.56 Å². The van der Waals surface area contributed by atoms with Gasteiger partial charge in [0.15, 0.2) is 0 Å². The SMILES string of the molecule is CCN1C(=O)[C@H]2[C@H]3[C@H](O)[C@H](O)CC(=NOCc4ccccc4)[C@H]3CC[C@H]2C1=O. The molecule has 6 atom stereocenters. The molecule has 150 valence electrons. The van der Waals surface area contributed by atoms with Gasteiger partial charge in [-0.2, -0.15) is 0 Å². The number of carbonyl (C=O) groups excluding carboxylic acids is 2. The Balaban J connectivity index is 1.56. The van der Waals surface area contributed by atoms with Gasteiger partial charge in [0.05, 0.1) is 29.8 Å². The van der Waals surface area contributed by atoms with E-state index in [9.17, 15) is 19.8 Å². The highest BCUT2D eigenvalue weighted by Gasteiger charge is 2.59. The average Bonchev–Trinajstić information content (AvgIpc) is 2.96. The first kappa shape index (κ1) is 19.1. The van der Waals surface area contributed by atoms with Gasteiger partial charge < -0.3 is 15.1 Å². The Morgan fingerprint density at radius 2 is 1.82 bits per heavy atom. The number of oxime groups is 1. The molecule has 4 rings (SSSR count). The van der Waals surface area contributed by atoms with Crippen molar-refractivity contribution in [1.82, 2.24) is 4.90 Å². The van der Waals surface area contributed by atoms with E-state index < -0.39 is 30.0 Å². The lowest BCUT2D eigenvalue weighted by Gasteiger charge is -2.45. The summed E-state index contributed by atoms with van der Waals surface area (Å²) in [6, 6.07) is 9.65.